The summed E-state index contributed by atoms with van der Waals surface area (Å²) >= 11 is 0. The molecule has 2 heterocycles. The first-order chi connectivity index (χ1) is 15.3. The van der Waals surface area contributed by atoms with Crippen LogP contribution in [0.15, 0.2) is 35.1 Å². The van der Waals surface area contributed by atoms with Crippen molar-refractivity contribution in [2.45, 2.75) is 20.4 Å². The molecule has 3 aromatic rings. The van der Waals surface area contributed by atoms with Crippen molar-refractivity contribution >= 4 is 17.5 Å². The average Bonchev–Trinajstić information content (AvgIpc) is 3.42. The highest BCUT2D eigenvalue weighted by Crippen LogP contribution is 2.20. The number of hydrogen-bond acceptors (Lipinski definition) is 9. The third kappa shape index (κ3) is 5.87. The molecule has 32 heavy (non-hydrogen) atoms. The van der Waals surface area contributed by atoms with Gasteiger partial charge in [-0.05, 0) is 31.0 Å². The van der Waals surface area contributed by atoms with Crippen molar-refractivity contribution in [3.8, 4) is 5.75 Å². The van der Waals surface area contributed by atoms with Gasteiger partial charge >= 0.3 is 17.5 Å². The number of hydrogen-bond donors (Lipinski definition) is 2. The van der Waals surface area contributed by atoms with E-state index in [1.165, 1.54) is 10.9 Å². The number of nitro groups is 1. The summed E-state index contributed by atoms with van der Waals surface area (Å²) in [5.41, 5.74) is 1.87. The molecule has 168 valence electrons. The third-order valence-electron chi connectivity index (χ3n) is 4.44. The van der Waals surface area contributed by atoms with E-state index in [1.54, 1.807) is 6.07 Å². The van der Waals surface area contributed by atoms with Crippen LogP contribution in [0.2, 0.25) is 0 Å². The number of aryl methyl sites for hydroxylation is 1. The van der Waals surface area contributed by atoms with E-state index in [1.807, 2.05) is 26.0 Å². The maximum atomic E-state index is 12.1. The van der Waals surface area contributed by atoms with Gasteiger partial charge in [-0.25, -0.2) is 0 Å². The molecule has 13 heteroatoms. The standard InChI is InChI=1S/C19H21N7O6/c1-12-4-3-5-15(13(12)2)31-11-17(27)20-6-7-21-18(28)19-23-16(24-32-19)10-25-9-14(8-22-25)26(29)30/h3-5,8-9H,6-7,10-11H2,1-2H3,(H,20,27)(H,21,28). The number of aromatic nitrogens is 4. The number of nitrogens with one attached hydrogen (secondary N) is 2. The van der Waals surface area contributed by atoms with Crippen molar-refractivity contribution in [2.75, 3.05) is 19.7 Å². The lowest BCUT2D eigenvalue weighted by molar-refractivity contribution is -0.385. The first-order valence-electron chi connectivity index (χ1n) is 9.57. The van der Waals surface area contributed by atoms with Gasteiger partial charge in [-0.1, -0.05) is 17.3 Å². The molecule has 0 atom stereocenters. The molecule has 0 spiro atoms. The Hall–Kier alpha value is -4.29. The lowest BCUT2D eigenvalue weighted by Crippen LogP contribution is -2.36. The minimum absolute atomic E-state index is 0.00108. The Morgan fingerprint density at radius 2 is 2.03 bits per heavy atom. The van der Waals surface area contributed by atoms with Crippen LogP contribution in [0, 0.1) is 24.0 Å². The molecule has 0 bridgehead atoms. The lowest BCUT2D eigenvalue weighted by Gasteiger charge is -2.11. The number of rotatable bonds is 10. The molecule has 2 aromatic heterocycles. The molecule has 0 saturated carbocycles. The summed E-state index contributed by atoms with van der Waals surface area (Å²) in [7, 11) is 0. The van der Waals surface area contributed by atoms with Gasteiger partial charge < -0.3 is 19.9 Å². The Kier molecular flexibility index (Phi) is 7.10. The van der Waals surface area contributed by atoms with Crippen LogP contribution >= 0.6 is 0 Å². The summed E-state index contributed by atoms with van der Waals surface area (Å²) in [5, 5.41) is 23.3. The third-order valence-corrected chi connectivity index (χ3v) is 4.44. The summed E-state index contributed by atoms with van der Waals surface area (Å²) in [6, 6.07) is 5.61. The van der Waals surface area contributed by atoms with Gasteiger partial charge in [-0.2, -0.15) is 10.1 Å². The fourth-order valence-corrected chi connectivity index (χ4v) is 2.62. The number of amides is 2. The highest BCUT2D eigenvalue weighted by Gasteiger charge is 2.16. The molecular formula is C19H21N7O6. The fraction of sp³-hybridized carbons (Fsp3) is 0.316. The molecule has 0 aliphatic rings. The van der Waals surface area contributed by atoms with Crippen LogP contribution in [0.4, 0.5) is 5.69 Å². The second-order valence-corrected chi connectivity index (χ2v) is 6.76. The molecule has 3 rings (SSSR count). The molecule has 13 nitrogen and oxygen atoms in total. The molecule has 0 aliphatic heterocycles. The summed E-state index contributed by atoms with van der Waals surface area (Å²) in [5.74, 6) is -0.439. The van der Waals surface area contributed by atoms with Gasteiger partial charge in [-0.3, -0.25) is 24.4 Å². The van der Waals surface area contributed by atoms with Gasteiger partial charge in [0, 0.05) is 13.1 Å². The first kappa shape index (κ1) is 22.4. The molecule has 0 unspecified atom stereocenters. The smallest absolute Gasteiger partial charge is 0.316 e. The van der Waals surface area contributed by atoms with Gasteiger partial charge in [-0.15, -0.1) is 0 Å². The number of ether oxygens (including phenoxy) is 1. The highest BCUT2D eigenvalue weighted by atomic mass is 16.6. The first-order valence-corrected chi connectivity index (χ1v) is 9.57. The summed E-state index contributed by atoms with van der Waals surface area (Å²) < 4.78 is 11.7. The van der Waals surface area contributed by atoms with Crippen molar-refractivity contribution in [2.24, 2.45) is 0 Å². The predicted octanol–water partition coefficient (Wildman–Crippen LogP) is 0.764. The van der Waals surface area contributed by atoms with Gasteiger partial charge in [0.1, 0.15) is 24.7 Å². The maximum absolute atomic E-state index is 12.1. The Balaban J connectivity index is 1.38. The van der Waals surface area contributed by atoms with Gasteiger partial charge in [0.25, 0.3) is 5.91 Å². The van der Waals surface area contributed by atoms with Crippen LogP contribution in [0.1, 0.15) is 27.6 Å². The van der Waals surface area contributed by atoms with Gasteiger partial charge in [0.05, 0.1) is 4.92 Å². The molecule has 0 radical (unpaired) electrons. The zero-order valence-corrected chi connectivity index (χ0v) is 17.4. The highest BCUT2D eigenvalue weighted by molar-refractivity contribution is 5.89. The van der Waals surface area contributed by atoms with Crippen molar-refractivity contribution in [1.82, 2.24) is 30.6 Å². The second kappa shape index (κ2) is 10.1. The SMILES string of the molecule is Cc1cccc(OCC(=O)NCCNC(=O)c2nc(Cn3cc([N+](=O)[O-])cn3)no2)c1C. The molecule has 0 aliphatic carbocycles. The zero-order chi connectivity index (χ0) is 23.1. The van der Waals surface area contributed by atoms with E-state index in [2.05, 4.69) is 25.9 Å². The maximum Gasteiger partial charge on any atom is 0.316 e. The molecule has 2 N–H and O–H groups in total. The van der Waals surface area contributed by atoms with Crippen LogP contribution in [-0.2, 0) is 11.3 Å². The Bertz CT molecular complexity index is 1120. The Labute approximate surface area is 181 Å². The van der Waals surface area contributed by atoms with Crippen LogP contribution in [0.25, 0.3) is 0 Å². The van der Waals surface area contributed by atoms with Crippen LogP contribution in [-0.4, -0.2) is 56.4 Å². The predicted molar refractivity (Wildman–Crippen MR) is 109 cm³/mol. The topological polar surface area (TPSA) is 167 Å². The normalized spacial score (nSPS) is 10.6. The quantitative estimate of drug-likeness (QED) is 0.261. The van der Waals surface area contributed by atoms with Crippen LogP contribution < -0.4 is 15.4 Å². The number of carbonyl (C=O) groups excluding carboxylic acids is 2. The molecular weight excluding hydrogens is 422 g/mol. The van der Waals surface area contributed by atoms with Gasteiger partial charge in [0.15, 0.2) is 12.4 Å². The Morgan fingerprint density at radius 3 is 2.78 bits per heavy atom. The van der Waals surface area contributed by atoms with Crippen LogP contribution in [0.3, 0.4) is 0 Å². The van der Waals surface area contributed by atoms with Crippen LogP contribution in [0.5, 0.6) is 5.75 Å². The van der Waals surface area contributed by atoms with E-state index >= 15 is 0 Å². The van der Waals surface area contributed by atoms with Crippen molar-refractivity contribution in [1.29, 1.82) is 0 Å². The molecule has 1 aromatic carbocycles. The molecule has 0 fully saturated rings. The summed E-state index contributed by atoms with van der Waals surface area (Å²) in [6.45, 7) is 4.05. The van der Waals surface area contributed by atoms with E-state index in [9.17, 15) is 19.7 Å². The van der Waals surface area contributed by atoms with Crippen molar-refractivity contribution in [3.63, 3.8) is 0 Å². The van der Waals surface area contributed by atoms with E-state index in [-0.39, 0.29) is 49.6 Å². The minimum Gasteiger partial charge on any atom is -0.483 e. The lowest BCUT2D eigenvalue weighted by atomic mass is 10.1. The Morgan fingerprint density at radius 1 is 1.25 bits per heavy atom. The average molecular weight is 443 g/mol. The van der Waals surface area contributed by atoms with Crippen molar-refractivity contribution < 1.29 is 23.8 Å². The largest absolute Gasteiger partial charge is 0.483 e. The summed E-state index contributed by atoms with van der Waals surface area (Å²) in [6.07, 6.45) is 2.30. The summed E-state index contributed by atoms with van der Waals surface area (Å²) in [4.78, 5) is 38.0. The minimum atomic E-state index is -0.615. The monoisotopic (exact) mass is 443 g/mol. The zero-order valence-electron chi connectivity index (χ0n) is 17.4. The molecule has 0 saturated heterocycles. The number of carbonyl (C=O) groups is 2. The fourth-order valence-electron chi connectivity index (χ4n) is 2.62. The van der Waals surface area contributed by atoms with E-state index in [4.69, 9.17) is 9.26 Å². The van der Waals surface area contributed by atoms with E-state index in [0.717, 1.165) is 17.3 Å². The van der Waals surface area contributed by atoms with E-state index < -0.39 is 10.8 Å². The number of nitrogens with zero attached hydrogens (tertiary/aromatic N) is 5. The van der Waals surface area contributed by atoms with Gasteiger partial charge in [0.2, 0.25) is 0 Å². The second-order valence-electron chi connectivity index (χ2n) is 6.76. The van der Waals surface area contributed by atoms with E-state index in [0.29, 0.717) is 5.75 Å². The van der Waals surface area contributed by atoms with Crippen molar-refractivity contribution in [3.05, 3.63) is 63.5 Å². The molecule has 2 amide bonds. The number of benzene rings is 1.